The molecule has 2 heterocycles. The fraction of sp³-hybridized carbons (Fsp3) is 0.348. The van der Waals surface area contributed by atoms with Crippen molar-refractivity contribution >= 4 is 17.2 Å². The zero-order valence-electron chi connectivity index (χ0n) is 18.5. The Balaban J connectivity index is 1.65. The van der Waals surface area contributed by atoms with Crippen molar-refractivity contribution in [3.05, 3.63) is 81.1 Å². The summed E-state index contributed by atoms with van der Waals surface area (Å²) in [6, 6.07) is 7.04. The average Bonchev–Trinajstić information content (AvgIpc) is 3.24. The van der Waals surface area contributed by atoms with Gasteiger partial charge in [-0.25, -0.2) is 4.98 Å². The number of nitrogens with zero attached hydrogens (tertiary/aromatic N) is 2. The number of thiazole rings is 1. The Morgan fingerprint density at radius 3 is 2.34 bits per heavy atom. The lowest BCUT2D eigenvalue weighted by atomic mass is 10.0. The summed E-state index contributed by atoms with van der Waals surface area (Å²) in [5.41, 5.74) is -1.04. The summed E-state index contributed by atoms with van der Waals surface area (Å²) < 4.78 is 79.4. The maximum atomic E-state index is 13.5. The van der Waals surface area contributed by atoms with E-state index in [0.29, 0.717) is 24.4 Å². The number of amides is 1. The molecular weight excluding hydrogens is 494 g/mol. The van der Waals surface area contributed by atoms with Crippen LogP contribution in [-0.4, -0.2) is 29.0 Å². The average molecular weight is 517 g/mol. The molecule has 0 aliphatic carbocycles. The molecule has 1 atom stereocenters. The van der Waals surface area contributed by atoms with Gasteiger partial charge in [-0.05, 0) is 55.3 Å². The van der Waals surface area contributed by atoms with Crippen LogP contribution in [0.2, 0.25) is 0 Å². The van der Waals surface area contributed by atoms with Crippen LogP contribution in [0.1, 0.15) is 50.0 Å². The Labute approximate surface area is 201 Å². The minimum atomic E-state index is -4.85. The van der Waals surface area contributed by atoms with Crippen molar-refractivity contribution in [2.75, 3.05) is 13.1 Å². The van der Waals surface area contributed by atoms with E-state index in [4.69, 9.17) is 0 Å². The highest BCUT2D eigenvalue weighted by atomic mass is 32.1. The van der Waals surface area contributed by atoms with E-state index in [-0.39, 0.29) is 17.0 Å². The quantitative estimate of drug-likeness (QED) is 0.294. The van der Waals surface area contributed by atoms with E-state index in [1.807, 2.05) is 12.1 Å². The molecule has 12 heteroatoms. The molecule has 35 heavy (non-hydrogen) atoms. The lowest BCUT2D eigenvalue weighted by Crippen LogP contribution is -2.28. The first-order chi connectivity index (χ1) is 16.4. The summed E-state index contributed by atoms with van der Waals surface area (Å²) >= 11 is 0.622. The number of aromatic nitrogens is 2. The van der Waals surface area contributed by atoms with Gasteiger partial charge in [-0.3, -0.25) is 9.78 Å². The standard InChI is InChI=1S/C23H22F6N4OS/c1-14(16-3-2-4-17(13-16)22(24,25)26)32-21(34)19-20(23(27,28)29)33-18(35-19)8-12-31-11-7-15-5-9-30-10-6-15/h2-6,9-10,13-14,31H,7-8,11-12H2,1H3,(H,32,34). The number of carbonyl (C=O) groups excluding carboxylic acids is 1. The van der Waals surface area contributed by atoms with Gasteiger partial charge in [-0.15, -0.1) is 11.3 Å². The van der Waals surface area contributed by atoms with Gasteiger partial charge in [0.05, 0.1) is 16.6 Å². The van der Waals surface area contributed by atoms with E-state index in [1.54, 1.807) is 12.4 Å². The maximum Gasteiger partial charge on any atom is 0.435 e. The molecule has 0 fully saturated rings. The summed E-state index contributed by atoms with van der Waals surface area (Å²) in [4.78, 5) is 19.6. The largest absolute Gasteiger partial charge is 0.435 e. The van der Waals surface area contributed by atoms with Crippen molar-refractivity contribution in [3.8, 4) is 0 Å². The Morgan fingerprint density at radius 2 is 1.69 bits per heavy atom. The number of rotatable bonds is 9. The molecule has 188 valence electrons. The van der Waals surface area contributed by atoms with E-state index >= 15 is 0 Å². The van der Waals surface area contributed by atoms with Crippen molar-refractivity contribution in [2.24, 2.45) is 0 Å². The summed E-state index contributed by atoms with van der Waals surface area (Å²) in [6.45, 7) is 2.36. The maximum absolute atomic E-state index is 13.5. The van der Waals surface area contributed by atoms with E-state index in [1.165, 1.54) is 19.1 Å². The third kappa shape index (κ3) is 7.49. The van der Waals surface area contributed by atoms with Gasteiger partial charge in [0.15, 0.2) is 5.69 Å². The number of hydrogen-bond acceptors (Lipinski definition) is 5. The lowest BCUT2D eigenvalue weighted by Gasteiger charge is -2.16. The van der Waals surface area contributed by atoms with Crippen LogP contribution in [-0.2, 0) is 25.2 Å². The van der Waals surface area contributed by atoms with E-state index in [0.717, 1.165) is 24.1 Å². The van der Waals surface area contributed by atoms with Gasteiger partial charge >= 0.3 is 12.4 Å². The monoisotopic (exact) mass is 516 g/mol. The highest BCUT2D eigenvalue weighted by Gasteiger charge is 2.40. The van der Waals surface area contributed by atoms with E-state index in [9.17, 15) is 31.1 Å². The fourth-order valence-corrected chi connectivity index (χ4v) is 4.24. The molecule has 5 nitrogen and oxygen atoms in total. The van der Waals surface area contributed by atoms with Crippen LogP contribution >= 0.6 is 11.3 Å². The molecule has 0 aliphatic rings. The Morgan fingerprint density at radius 1 is 1.00 bits per heavy atom. The summed E-state index contributed by atoms with van der Waals surface area (Å²) in [7, 11) is 0. The number of pyridine rings is 1. The van der Waals surface area contributed by atoms with Crippen LogP contribution < -0.4 is 10.6 Å². The van der Waals surface area contributed by atoms with Gasteiger partial charge in [-0.2, -0.15) is 26.3 Å². The summed E-state index contributed by atoms with van der Waals surface area (Å²) in [5, 5.41) is 5.61. The zero-order valence-corrected chi connectivity index (χ0v) is 19.3. The first kappa shape index (κ1) is 26.6. The summed E-state index contributed by atoms with van der Waals surface area (Å²) in [5.74, 6) is -1.04. The Kier molecular flexibility index (Phi) is 8.49. The fourth-order valence-electron chi connectivity index (χ4n) is 3.25. The number of alkyl halides is 6. The molecule has 0 spiro atoms. The number of benzene rings is 1. The molecule has 1 amide bonds. The second-order valence-corrected chi connectivity index (χ2v) is 8.79. The van der Waals surface area contributed by atoms with Crippen LogP contribution in [0.3, 0.4) is 0 Å². The third-order valence-electron chi connectivity index (χ3n) is 5.06. The first-order valence-corrected chi connectivity index (χ1v) is 11.4. The van der Waals surface area contributed by atoms with Crippen molar-refractivity contribution in [1.82, 2.24) is 20.6 Å². The molecule has 0 bridgehead atoms. The highest BCUT2D eigenvalue weighted by Crippen LogP contribution is 2.35. The summed E-state index contributed by atoms with van der Waals surface area (Å²) in [6.07, 6.45) is -5.19. The number of hydrogen-bond donors (Lipinski definition) is 2. The van der Waals surface area contributed by atoms with Crippen LogP contribution in [0.4, 0.5) is 26.3 Å². The zero-order chi connectivity index (χ0) is 25.6. The second kappa shape index (κ2) is 11.2. The van der Waals surface area contributed by atoms with Gasteiger partial charge < -0.3 is 10.6 Å². The molecule has 1 aromatic carbocycles. The molecule has 1 unspecified atom stereocenters. The van der Waals surface area contributed by atoms with E-state index < -0.39 is 40.4 Å². The van der Waals surface area contributed by atoms with E-state index in [2.05, 4.69) is 20.6 Å². The number of nitrogens with one attached hydrogen (secondary N) is 2. The molecule has 0 radical (unpaired) electrons. The second-order valence-electron chi connectivity index (χ2n) is 7.71. The van der Waals surface area contributed by atoms with Crippen molar-refractivity contribution < 1.29 is 31.1 Å². The van der Waals surface area contributed by atoms with Crippen molar-refractivity contribution in [2.45, 2.75) is 38.2 Å². The van der Waals surface area contributed by atoms with Gasteiger partial charge in [-0.1, -0.05) is 12.1 Å². The molecule has 0 saturated heterocycles. The third-order valence-corrected chi connectivity index (χ3v) is 6.18. The van der Waals surface area contributed by atoms with Gasteiger partial charge in [0, 0.05) is 25.4 Å². The van der Waals surface area contributed by atoms with Gasteiger partial charge in [0.25, 0.3) is 5.91 Å². The van der Waals surface area contributed by atoms with Crippen LogP contribution in [0.5, 0.6) is 0 Å². The van der Waals surface area contributed by atoms with Crippen LogP contribution in [0.15, 0.2) is 48.8 Å². The van der Waals surface area contributed by atoms with Gasteiger partial charge in [0.2, 0.25) is 0 Å². The molecule has 2 N–H and O–H groups in total. The molecule has 0 saturated carbocycles. The van der Waals surface area contributed by atoms with Crippen molar-refractivity contribution in [3.63, 3.8) is 0 Å². The van der Waals surface area contributed by atoms with Crippen molar-refractivity contribution in [1.29, 1.82) is 0 Å². The van der Waals surface area contributed by atoms with Crippen LogP contribution in [0.25, 0.3) is 0 Å². The molecule has 3 rings (SSSR count). The topological polar surface area (TPSA) is 66.9 Å². The minimum absolute atomic E-state index is 0.116. The normalized spacial score (nSPS) is 13.0. The predicted octanol–water partition coefficient (Wildman–Crippen LogP) is 5.44. The molecule has 3 aromatic rings. The molecule has 0 aliphatic heterocycles. The Hall–Kier alpha value is -2.99. The SMILES string of the molecule is CC(NC(=O)c1sc(CCNCCc2ccncc2)nc1C(F)(F)F)c1cccc(C(F)(F)F)c1. The first-order valence-electron chi connectivity index (χ1n) is 10.6. The minimum Gasteiger partial charge on any atom is -0.345 e. The highest BCUT2D eigenvalue weighted by molar-refractivity contribution is 7.13. The Bertz CT molecular complexity index is 1130. The van der Waals surface area contributed by atoms with Crippen LogP contribution in [0, 0.1) is 0 Å². The number of halogens is 6. The molecule has 2 aromatic heterocycles. The number of carbonyl (C=O) groups is 1. The smallest absolute Gasteiger partial charge is 0.345 e. The lowest BCUT2D eigenvalue weighted by molar-refractivity contribution is -0.141. The predicted molar refractivity (Wildman–Crippen MR) is 119 cm³/mol. The van der Waals surface area contributed by atoms with Gasteiger partial charge in [0.1, 0.15) is 4.88 Å². The molecular formula is C23H22F6N4OS.